The van der Waals surface area contributed by atoms with Crippen LogP contribution in [0, 0.1) is 5.92 Å². The van der Waals surface area contributed by atoms with Gasteiger partial charge in [-0.3, -0.25) is 4.79 Å². The molecule has 0 aliphatic rings. The zero-order chi connectivity index (χ0) is 16.4. The third kappa shape index (κ3) is 4.62. The molecular formula is C12H12F6N2O. The fourth-order valence-electron chi connectivity index (χ4n) is 1.57. The molecule has 0 aliphatic carbocycles. The number of hydrogen-bond acceptors (Lipinski definition) is 2. The summed E-state index contributed by atoms with van der Waals surface area (Å²) in [4.78, 5) is 11.2. The molecule has 1 atom stereocenters. The summed E-state index contributed by atoms with van der Waals surface area (Å²) in [5, 5.41) is 1.60. The molecule has 9 heteroatoms. The summed E-state index contributed by atoms with van der Waals surface area (Å²) in [5.41, 5.74) is 5.99. The number of anilines is 1. The summed E-state index contributed by atoms with van der Waals surface area (Å²) >= 11 is 0. The van der Waals surface area contributed by atoms with Gasteiger partial charge < -0.3 is 11.1 Å². The van der Waals surface area contributed by atoms with Crippen molar-refractivity contribution in [2.75, 3.05) is 5.32 Å². The highest BCUT2D eigenvalue weighted by Crippen LogP contribution is 2.39. The lowest BCUT2D eigenvalue weighted by Gasteiger charge is -2.22. The summed E-state index contributed by atoms with van der Waals surface area (Å²) in [6.07, 6.45) is -11.4. The average Bonchev–Trinajstić information content (AvgIpc) is 2.25. The molecule has 1 unspecified atom stereocenters. The molecule has 0 fully saturated rings. The van der Waals surface area contributed by atoms with Crippen molar-refractivity contribution in [1.82, 2.24) is 0 Å². The molecule has 0 radical (unpaired) electrons. The third-order valence-electron chi connectivity index (χ3n) is 2.62. The highest BCUT2D eigenvalue weighted by Gasteiger charge is 2.61. The van der Waals surface area contributed by atoms with E-state index in [1.807, 2.05) is 0 Å². The maximum absolute atomic E-state index is 12.3. The molecule has 0 spiro atoms. The molecule has 3 nitrogen and oxygen atoms in total. The minimum absolute atomic E-state index is 0.178. The highest BCUT2D eigenvalue weighted by atomic mass is 19.4. The first-order valence-corrected chi connectivity index (χ1v) is 5.72. The van der Waals surface area contributed by atoms with Crippen molar-refractivity contribution < 1.29 is 31.1 Å². The van der Waals surface area contributed by atoms with Crippen LogP contribution >= 0.6 is 0 Å². The van der Waals surface area contributed by atoms with Crippen LogP contribution < -0.4 is 11.1 Å². The Balaban J connectivity index is 2.92. The number of carbonyl (C=O) groups is 1. The van der Waals surface area contributed by atoms with Crippen molar-refractivity contribution >= 4 is 11.6 Å². The van der Waals surface area contributed by atoms with Gasteiger partial charge >= 0.3 is 12.4 Å². The van der Waals surface area contributed by atoms with Gasteiger partial charge in [0.05, 0.1) is 0 Å². The molecule has 1 aromatic carbocycles. The zero-order valence-corrected chi connectivity index (χ0v) is 10.7. The molecule has 0 heterocycles. The normalized spacial score (nSPS) is 14.1. The Kier molecular flexibility index (Phi) is 4.87. The largest absolute Gasteiger partial charge is 0.409 e. The first kappa shape index (κ1) is 17.3. The van der Waals surface area contributed by atoms with Crippen LogP contribution in [0.15, 0.2) is 24.3 Å². The first-order valence-electron chi connectivity index (χ1n) is 5.72. The number of rotatable bonds is 3. The van der Waals surface area contributed by atoms with Gasteiger partial charge in [0.2, 0.25) is 11.8 Å². The lowest BCUT2D eigenvalue weighted by molar-refractivity contribution is -0.272. The van der Waals surface area contributed by atoms with E-state index in [9.17, 15) is 31.1 Å². The van der Waals surface area contributed by atoms with Crippen LogP contribution in [-0.4, -0.2) is 18.3 Å². The summed E-state index contributed by atoms with van der Waals surface area (Å²) in [6.45, 7) is 1.65. The van der Waals surface area contributed by atoms with Crippen LogP contribution in [-0.2, 0) is 4.79 Å². The Morgan fingerprint density at radius 2 is 1.48 bits per heavy atom. The van der Waals surface area contributed by atoms with Crippen LogP contribution in [0.2, 0.25) is 0 Å². The molecule has 1 rings (SSSR count). The Morgan fingerprint density at radius 1 is 1.05 bits per heavy atom. The zero-order valence-electron chi connectivity index (χ0n) is 10.7. The van der Waals surface area contributed by atoms with Gasteiger partial charge in [0.1, 0.15) is 0 Å². The number of nitrogens with two attached hydrogens (primary N) is 1. The topological polar surface area (TPSA) is 55.1 Å². The SMILES string of the molecule is CC(N)c1ccc(NC(=O)C(C(F)(F)F)C(F)(F)F)cc1. The Morgan fingerprint density at radius 3 is 1.81 bits per heavy atom. The predicted octanol–water partition coefficient (Wildman–Crippen LogP) is 3.39. The highest BCUT2D eigenvalue weighted by molar-refractivity contribution is 5.93. The second kappa shape index (κ2) is 5.92. The van der Waals surface area contributed by atoms with E-state index in [4.69, 9.17) is 5.73 Å². The first-order chi connectivity index (χ1) is 9.43. The number of amides is 1. The van der Waals surface area contributed by atoms with Gasteiger partial charge in [-0.2, -0.15) is 26.3 Å². The number of alkyl halides is 6. The van der Waals surface area contributed by atoms with Crippen LogP contribution in [0.4, 0.5) is 32.0 Å². The van der Waals surface area contributed by atoms with Crippen molar-refractivity contribution in [3.63, 3.8) is 0 Å². The van der Waals surface area contributed by atoms with Crippen LogP contribution in [0.3, 0.4) is 0 Å². The standard InChI is InChI=1S/C12H12F6N2O/c1-6(19)7-2-4-8(5-3-7)20-10(21)9(11(13,14)15)12(16,17)18/h2-6,9H,19H2,1H3,(H,20,21). The van der Waals surface area contributed by atoms with Gasteiger partial charge in [-0.1, -0.05) is 12.1 Å². The van der Waals surface area contributed by atoms with E-state index in [1.165, 1.54) is 24.3 Å². The molecular weight excluding hydrogens is 302 g/mol. The summed E-state index contributed by atoms with van der Waals surface area (Å²) in [6, 6.07) is 4.81. The molecule has 3 N–H and O–H groups in total. The van der Waals surface area contributed by atoms with E-state index >= 15 is 0 Å². The van der Waals surface area contributed by atoms with Crippen molar-refractivity contribution in [2.24, 2.45) is 11.7 Å². The fraction of sp³-hybridized carbons (Fsp3) is 0.417. The number of hydrogen-bond donors (Lipinski definition) is 2. The second-order valence-corrected chi connectivity index (χ2v) is 4.42. The fourth-order valence-corrected chi connectivity index (χ4v) is 1.57. The second-order valence-electron chi connectivity index (χ2n) is 4.42. The summed E-state index contributed by atoms with van der Waals surface area (Å²) < 4.78 is 74.1. The van der Waals surface area contributed by atoms with Crippen molar-refractivity contribution in [2.45, 2.75) is 25.3 Å². The monoisotopic (exact) mass is 314 g/mol. The van der Waals surface area contributed by atoms with E-state index in [0.717, 1.165) is 0 Å². The number of nitrogens with one attached hydrogen (secondary N) is 1. The molecule has 0 bridgehead atoms. The van der Waals surface area contributed by atoms with Gasteiger partial charge in [-0.15, -0.1) is 0 Å². The Bertz CT molecular complexity index is 478. The third-order valence-corrected chi connectivity index (χ3v) is 2.62. The van der Waals surface area contributed by atoms with Gasteiger partial charge in [0.25, 0.3) is 0 Å². The quantitative estimate of drug-likeness (QED) is 0.840. The summed E-state index contributed by atoms with van der Waals surface area (Å²) in [5.74, 6) is -6.25. The molecule has 118 valence electrons. The predicted molar refractivity (Wildman–Crippen MR) is 63.3 cm³/mol. The minimum Gasteiger partial charge on any atom is -0.325 e. The van der Waals surface area contributed by atoms with Crippen molar-refractivity contribution in [1.29, 1.82) is 0 Å². The van der Waals surface area contributed by atoms with Crippen LogP contribution in [0.1, 0.15) is 18.5 Å². The van der Waals surface area contributed by atoms with E-state index in [1.54, 1.807) is 12.2 Å². The Hall–Kier alpha value is -1.77. The lowest BCUT2D eigenvalue weighted by Crippen LogP contribution is -2.45. The van der Waals surface area contributed by atoms with Crippen molar-refractivity contribution in [3.8, 4) is 0 Å². The molecule has 1 amide bonds. The van der Waals surface area contributed by atoms with Gasteiger partial charge in [-0.25, -0.2) is 0 Å². The van der Waals surface area contributed by atoms with Crippen LogP contribution in [0.5, 0.6) is 0 Å². The molecule has 0 saturated carbocycles. The van der Waals surface area contributed by atoms with Gasteiger partial charge in [0.15, 0.2) is 0 Å². The number of halogens is 6. The maximum atomic E-state index is 12.3. The Labute approximate surface area is 116 Å². The average molecular weight is 314 g/mol. The molecule has 0 saturated heterocycles. The molecule has 21 heavy (non-hydrogen) atoms. The van der Waals surface area contributed by atoms with Crippen LogP contribution in [0.25, 0.3) is 0 Å². The van der Waals surface area contributed by atoms with E-state index in [2.05, 4.69) is 0 Å². The molecule has 1 aromatic rings. The van der Waals surface area contributed by atoms with E-state index in [0.29, 0.717) is 5.56 Å². The minimum atomic E-state index is -5.71. The van der Waals surface area contributed by atoms with E-state index in [-0.39, 0.29) is 11.7 Å². The number of carbonyl (C=O) groups excluding carboxylic acids is 1. The maximum Gasteiger partial charge on any atom is 0.409 e. The van der Waals surface area contributed by atoms with Gasteiger partial charge in [0, 0.05) is 11.7 Å². The lowest BCUT2D eigenvalue weighted by atomic mass is 10.1. The molecule has 0 aromatic heterocycles. The van der Waals surface area contributed by atoms with Gasteiger partial charge in [-0.05, 0) is 24.6 Å². The smallest absolute Gasteiger partial charge is 0.325 e. The summed E-state index contributed by atoms with van der Waals surface area (Å²) in [7, 11) is 0. The van der Waals surface area contributed by atoms with E-state index < -0.39 is 24.2 Å². The number of benzene rings is 1. The van der Waals surface area contributed by atoms with Crippen molar-refractivity contribution in [3.05, 3.63) is 29.8 Å². The molecule has 0 aliphatic heterocycles.